The quantitative estimate of drug-likeness (QED) is 0.659. The molecule has 0 bridgehead atoms. The summed E-state index contributed by atoms with van der Waals surface area (Å²) >= 11 is 0. The zero-order valence-electron chi connectivity index (χ0n) is 9.58. The third-order valence-corrected chi connectivity index (χ3v) is 2.48. The fourth-order valence-electron chi connectivity index (χ4n) is 1.64. The number of hydrogen-bond donors (Lipinski definition) is 1. The Bertz CT molecular complexity index is 150. The summed E-state index contributed by atoms with van der Waals surface area (Å²) in [5.41, 5.74) is 0. The second kappa shape index (κ2) is 6.38. The molecule has 0 aliphatic carbocycles. The van der Waals surface area contributed by atoms with Gasteiger partial charge in [0, 0.05) is 25.8 Å². The van der Waals surface area contributed by atoms with E-state index in [-0.39, 0.29) is 0 Å². The van der Waals surface area contributed by atoms with Gasteiger partial charge in [-0.1, -0.05) is 13.8 Å². The predicted octanol–water partition coefficient (Wildman–Crippen LogP) is 1.43. The molecule has 0 radical (unpaired) electrons. The van der Waals surface area contributed by atoms with Crippen LogP contribution in [0.25, 0.3) is 0 Å². The van der Waals surface area contributed by atoms with Gasteiger partial charge in [-0.2, -0.15) is 0 Å². The van der Waals surface area contributed by atoms with Crippen LogP contribution in [0.5, 0.6) is 0 Å². The summed E-state index contributed by atoms with van der Waals surface area (Å²) in [6.07, 6.45) is 1.49. The molecule has 3 heteroatoms. The van der Waals surface area contributed by atoms with Gasteiger partial charge in [-0.15, -0.1) is 0 Å². The van der Waals surface area contributed by atoms with Crippen molar-refractivity contribution in [1.82, 2.24) is 5.32 Å². The molecule has 0 saturated carbocycles. The van der Waals surface area contributed by atoms with Crippen molar-refractivity contribution in [1.29, 1.82) is 0 Å². The van der Waals surface area contributed by atoms with Crippen molar-refractivity contribution < 1.29 is 9.47 Å². The minimum atomic E-state index is 0.361. The highest BCUT2D eigenvalue weighted by molar-refractivity contribution is 4.78. The first-order valence-electron chi connectivity index (χ1n) is 5.63. The Labute approximate surface area is 87.2 Å². The van der Waals surface area contributed by atoms with Gasteiger partial charge in [0.15, 0.2) is 0 Å². The third-order valence-electron chi connectivity index (χ3n) is 2.48. The van der Waals surface area contributed by atoms with E-state index in [1.165, 1.54) is 0 Å². The molecule has 1 aliphatic heterocycles. The molecule has 84 valence electrons. The maximum Gasteiger partial charge on any atom is 0.0700 e. The SMILES string of the molecule is CC(C)COCCNC1CCOC1C. The van der Waals surface area contributed by atoms with E-state index < -0.39 is 0 Å². The van der Waals surface area contributed by atoms with Gasteiger partial charge in [-0.3, -0.25) is 0 Å². The van der Waals surface area contributed by atoms with Crippen LogP contribution in [0, 0.1) is 5.92 Å². The van der Waals surface area contributed by atoms with E-state index >= 15 is 0 Å². The van der Waals surface area contributed by atoms with Crippen LogP contribution < -0.4 is 5.32 Å². The molecule has 1 heterocycles. The molecule has 2 atom stereocenters. The molecule has 1 N–H and O–H groups in total. The minimum Gasteiger partial charge on any atom is -0.380 e. The molecule has 2 unspecified atom stereocenters. The molecule has 0 aromatic carbocycles. The summed E-state index contributed by atoms with van der Waals surface area (Å²) < 4.78 is 10.9. The Morgan fingerprint density at radius 3 is 2.86 bits per heavy atom. The molecule has 0 amide bonds. The molecule has 3 nitrogen and oxygen atoms in total. The zero-order chi connectivity index (χ0) is 10.4. The number of ether oxygens (including phenoxy) is 2. The van der Waals surface area contributed by atoms with E-state index in [1.807, 2.05) is 0 Å². The summed E-state index contributed by atoms with van der Waals surface area (Å²) in [6, 6.07) is 0.526. The second-order valence-corrected chi connectivity index (χ2v) is 4.39. The van der Waals surface area contributed by atoms with Crippen LogP contribution in [0.3, 0.4) is 0 Å². The summed E-state index contributed by atoms with van der Waals surface area (Å²) in [5, 5.41) is 3.46. The zero-order valence-corrected chi connectivity index (χ0v) is 9.58. The van der Waals surface area contributed by atoms with Gasteiger partial charge < -0.3 is 14.8 Å². The Kier molecular flexibility index (Phi) is 5.45. The molecule has 0 aromatic rings. The molecule has 1 saturated heterocycles. The third kappa shape index (κ3) is 4.40. The van der Waals surface area contributed by atoms with Gasteiger partial charge in [-0.05, 0) is 19.3 Å². The van der Waals surface area contributed by atoms with Crippen LogP contribution in [0.4, 0.5) is 0 Å². The Morgan fingerprint density at radius 2 is 2.29 bits per heavy atom. The predicted molar refractivity (Wildman–Crippen MR) is 57.5 cm³/mol. The minimum absolute atomic E-state index is 0.361. The van der Waals surface area contributed by atoms with Crippen molar-refractivity contribution in [2.24, 2.45) is 5.92 Å². The van der Waals surface area contributed by atoms with Crippen molar-refractivity contribution in [3.05, 3.63) is 0 Å². The maximum atomic E-state index is 5.49. The van der Waals surface area contributed by atoms with Crippen molar-refractivity contribution in [3.63, 3.8) is 0 Å². The van der Waals surface area contributed by atoms with Gasteiger partial charge in [0.25, 0.3) is 0 Å². The highest BCUT2D eigenvalue weighted by atomic mass is 16.5. The first-order chi connectivity index (χ1) is 6.70. The van der Waals surface area contributed by atoms with Gasteiger partial charge in [0.05, 0.1) is 12.7 Å². The standard InChI is InChI=1S/C11H23NO2/c1-9(2)8-13-7-5-12-11-4-6-14-10(11)3/h9-12H,4-8H2,1-3H3. The molecule has 0 spiro atoms. The van der Waals surface area contributed by atoms with Gasteiger partial charge in [0.1, 0.15) is 0 Å². The summed E-state index contributed by atoms with van der Waals surface area (Å²) in [4.78, 5) is 0. The lowest BCUT2D eigenvalue weighted by Gasteiger charge is -2.16. The molecule has 1 fully saturated rings. The van der Waals surface area contributed by atoms with E-state index in [2.05, 4.69) is 26.1 Å². The molecular formula is C11H23NO2. The highest BCUT2D eigenvalue weighted by Crippen LogP contribution is 2.11. The molecule has 14 heavy (non-hydrogen) atoms. The van der Waals surface area contributed by atoms with Crippen LogP contribution in [0.15, 0.2) is 0 Å². The monoisotopic (exact) mass is 201 g/mol. The lowest BCUT2D eigenvalue weighted by Crippen LogP contribution is -2.36. The average Bonchev–Trinajstić information content (AvgIpc) is 2.51. The fraction of sp³-hybridized carbons (Fsp3) is 1.00. The topological polar surface area (TPSA) is 30.5 Å². The fourth-order valence-corrected chi connectivity index (χ4v) is 1.64. The smallest absolute Gasteiger partial charge is 0.0700 e. The average molecular weight is 201 g/mol. The summed E-state index contributed by atoms with van der Waals surface area (Å²) in [5.74, 6) is 0.628. The normalized spacial score (nSPS) is 27.4. The summed E-state index contributed by atoms with van der Waals surface area (Å²) in [6.45, 7) is 9.96. The van der Waals surface area contributed by atoms with Gasteiger partial charge >= 0.3 is 0 Å². The van der Waals surface area contributed by atoms with Gasteiger partial charge in [0.2, 0.25) is 0 Å². The van der Waals surface area contributed by atoms with Crippen LogP contribution >= 0.6 is 0 Å². The lowest BCUT2D eigenvalue weighted by molar-refractivity contribution is 0.0969. The Morgan fingerprint density at radius 1 is 1.50 bits per heavy atom. The van der Waals surface area contributed by atoms with Crippen molar-refractivity contribution >= 4 is 0 Å². The van der Waals surface area contributed by atoms with Crippen LogP contribution in [-0.4, -0.2) is 38.5 Å². The van der Waals surface area contributed by atoms with Crippen molar-refractivity contribution in [3.8, 4) is 0 Å². The lowest BCUT2D eigenvalue weighted by atomic mass is 10.1. The van der Waals surface area contributed by atoms with Crippen molar-refractivity contribution in [2.45, 2.75) is 39.3 Å². The highest BCUT2D eigenvalue weighted by Gasteiger charge is 2.22. The second-order valence-electron chi connectivity index (χ2n) is 4.39. The Balaban J connectivity index is 1.93. The molecular weight excluding hydrogens is 178 g/mol. The first-order valence-corrected chi connectivity index (χ1v) is 5.63. The van der Waals surface area contributed by atoms with Crippen LogP contribution in [-0.2, 0) is 9.47 Å². The van der Waals surface area contributed by atoms with E-state index in [0.29, 0.717) is 18.1 Å². The molecule has 0 aromatic heterocycles. The number of nitrogens with one attached hydrogen (secondary N) is 1. The van der Waals surface area contributed by atoms with E-state index in [0.717, 1.165) is 32.8 Å². The van der Waals surface area contributed by atoms with E-state index in [1.54, 1.807) is 0 Å². The van der Waals surface area contributed by atoms with Crippen molar-refractivity contribution in [2.75, 3.05) is 26.4 Å². The Hall–Kier alpha value is -0.120. The van der Waals surface area contributed by atoms with E-state index in [4.69, 9.17) is 9.47 Å². The molecule has 1 rings (SSSR count). The van der Waals surface area contributed by atoms with Gasteiger partial charge in [-0.25, -0.2) is 0 Å². The maximum absolute atomic E-state index is 5.49. The molecule has 1 aliphatic rings. The van der Waals surface area contributed by atoms with E-state index in [9.17, 15) is 0 Å². The number of rotatable bonds is 6. The number of hydrogen-bond acceptors (Lipinski definition) is 3. The first kappa shape index (κ1) is 12.0. The largest absolute Gasteiger partial charge is 0.380 e. The van der Waals surface area contributed by atoms with Crippen LogP contribution in [0.1, 0.15) is 27.2 Å². The summed E-state index contributed by atoms with van der Waals surface area (Å²) in [7, 11) is 0. The van der Waals surface area contributed by atoms with Crippen LogP contribution in [0.2, 0.25) is 0 Å².